The van der Waals surface area contributed by atoms with Gasteiger partial charge >= 0.3 is 0 Å². The number of aromatic amines is 1. The molecule has 1 aliphatic heterocycles. The molecule has 0 spiro atoms. The van der Waals surface area contributed by atoms with Crippen molar-refractivity contribution in [1.82, 2.24) is 10.3 Å². The highest BCUT2D eigenvalue weighted by Crippen LogP contribution is 2.23. The van der Waals surface area contributed by atoms with E-state index >= 15 is 0 Å². The predicted molar refractivity (Wildman–Crippen MR) is 91.0 cm³/mol. The average molecular weight is 334 g/mol. The smallest absolute Gasteiger partial charge is 0.224 e. The maximum atomic E-state index is 12.1. The van der Waals surface area contributed by atoms with E-state index in [0.29, 0.717) is 13.0 Å². The van der Waals surface area contributed by atoms with Crippen molar-refractivity contribution in [3.8, 4) is 0 Å². The molecule has 1 unspecified atom stereocenters. The molecule has 0 aliphatic carbocycles. The summed E-state index contributed by atoms with van der Waals surface area (Å²) in [6.45, 7) is 4.65. The monoisotopic (exact) mass is 334 g/mol. The van der Waals surface area contributed by atoms with Crippen molar-refractivity contribution in [3.05, 3.63) is 35.0 Å². The van der Waals surface area contributed by atoms with Gasteiger partial charge in [-0.05, 0) is 43.0 Å². The van der Waals surface area contributed by atoms with E-state index in [4.69, 9.17) is 0 Å². The largest absolute Gasteiger partial charge is 0.358 e. The lowest BCUT2D eigenvalue weighted by Gasteiger charge is -2.09. The molecule has 2 N–H and O–H groups in total. The summed E-state index contributed by atoms with van der Waals surface area (Å²) in [4.78, 5) is 15.5. The third kappa shape index (κ3) is 3.27. The van der Waals surface area contributed by atoms with Crippen molar-refractivity contribution in [2.24, 2.45) is 5.92 Å². The Morgan fingerprint density at radius 1 is 1.39 bits per heavy atom. The Bertz CT molecular complexity index is 852. The first-order valence-corrected chi connectivity index (χ1v) is 9.80. The molecule has 1 aliphatic rings. The molecule has 5 nitrogen and oxygen atoms in total. The second-order valence-electron chi connectivity index (χ2n) is 6.28. The number of H-pyrrole nitrogens is 1. The lowest BCUT2D eigenvalue weighted by atomic mass is 10.1. The van der Waals surface area contributed by atoms with Gasteiger partial charge in [-0.2, -0.15) is 0 Å². The molecule has 0 radical (unpaired) electrons. The van der Waals surface area contributed by atoms with Gasteiger partial charge in [0.05, 0.1) is 17.4 Å². The minimum Gasteiger partial charge on any atom is -0.358 e. The van der Waals surface area contributed by atoms with Crippen LogP contribution in [0.3, 0.4) is 0 Å². The number of aryl methyl sites for hydroxylation is 2. The number of amides is 1. The van der Waals surface area contributed by atoms with Gasteiger partial charge in [0, 0.05) is 23.1 Å². The predicted octanol–water partition coefficient (Wildman–Crippen LogP) is 2.09. The zero-order chi connectivity index (χ0) is 16.6. The normalized spacial score (nSPS) is 20.0. The number of sulfone groups is 1. The number of hydrogen-bond donors (Lipinski definition) is 2. The molecule has 0 bridgehead atoms. The van der Waals surface area contributed by atoms with Crippen LogP contribution in [0.4, 0.5) is 0 Å². The topological polar surface area (TPSA) is 79.0 Å². The number of carbonyl (C=O) groups excluding carboxylic acids is 1. The second-order valence-corrected chi connectivity index (χ2v) is 8.51. The van der Waals surface area contributed by atoms with Gasteiger partial charge in [-0.1, -0.05) is 13.0 Å². The van der Waals surface area contributed by atoms with Crippen LogP contribution in [0.25, 0.3) is 10.9 Å². The number of rotatable bonds is 4. The van der Waals surface area contributed by atoms with Gasteiger partial charge in [0.1, 0.15) is 0 Å². The van der Waals surface area contributed by atoms with Gasteiger partial charge in [-0.25, -0.2) is 8.42 Å². The van der Waals surface area contributed by atoms with Gasteiger partial charge in [0.25, 0.3) is 0 Å². The lowest BCUT2D eigenvalue weighted by Crippen LogP contribution is -2.30. The number of aromatic nitrogens is 1. The van der Waals surface area contributed by atoms with Crippen molar-refractivity contribution in [2.75, 3.05) is 11.5 Å². The van der Waals surface area contributed by atoms with E-state index < -0.39 is 15.8 Å². The van der Waals surface area contributed by atoms with E-state index in [0.717, 1.165) is 17.5 Å². The minimum atomic E-state index is -3.02. The summed E-state index contributed by atoms with van der Waals surface area (Å²) < 4.78 is 22.9. The molecule has 1 amide bonds. The fourth-order valence-corrected chi connectivity index (χ4v) is 4.97. The van der Waals surface area contributed by atoms with E-state index in [-0.39, 0.29) is 17.4 Å². The van der Waals surface area contributed by atoms with Crippen LogP contribution in [0.2, 0.25) is 0 Å². The fraction of sp³-hybridized carbons (Fsp3) is 0.471. The molecule has 3 rings (SSSR count). The Hall–Kier alpha value is -1.82. The van der Waals surface area contributed by atoms with E-state index in [9.17, 15) is 13.2 Å². The summed E-state index contributed by atoms with van der Waals surface area (Å²) in [6.07, 6.45) is 1.40. The van der Waals surface area contributed by atoms with E-state index in [1.54, 1.807) is 0 Å². The highest BCUT2D eigenvalue weighted by Gasteiger charge is 2.32. The van der Waals surface area contributed by atoms with Crippen LogP contribution in [0.1, 0.15) is 30.2 Å². The molecule has 6 heteroatoms. The summed E-state index contributed by atoms with van der Waals surface area (Å²) >= 11 is 0. The van der Waals surface area contributed by atoms with Gasteiger partial charge in [-0.15, -0.1) is 0 Å². The van der Waals surface area contributed by atoms with Crippen molar-refractivity contribution in [1.29, 1.82) is 0 Å². The van der Waals surface area contributed by atoms with Gasteiger partial charge in [-0.3, -0.25) is 4.79 Å². The summed E-state index contributed by atoms with van der Waals surface area (Å²) in [7, 11) is -3.02. The Balaban J connectivity index is 1.70. The molecule has 0 saturated carbocycles. The quantitative estimate of drug-likeness (QED) is 0.898. The number of fused-ring (bicyclic) bond motifs is 1. The molecule has 1 aromatic heterocycles. The lowest BCUT2D eigenvalue weighted by molar-refractivity contribution is -0.124. The summed E-state index contributed by atoms with van der Waals surface area (Å²) in [5.74, 6) is -0.454. The van der Waals surface area contributed by atoms with E-state index in [1.807, 2.05) is 12.1 Å². The second kappa shape index (κ2) is 6.00. The number of hydrogen-bond acceptors (Lipinski definition) is 3. The highest BCUT2D eigenvalue weighted by molar-refractivity contribution is 7.91. The first-order chi connectivity index (χ1) is 10.9. The Labute approximate surface area is 136 Å². The number of carbonyl (C=O) groups is 1. The molecule has 1 fully saturated rings. The Kier molecular flexibility index (Phi) is 4.19. The fourth-order valence-electron chi connectivity index (χ4n) is 3.23. The van der Waals surface area contributed by atoms with E-state index in [2.05, 4.69) is 30.2 Å². The molecular weight excluding hydrogens is 312 g/mol. The number of benzene rings is 1. The van der Waals surface area contributed by atoms with Crippen LogP contribution in [-0.4, -0.2) is 30.8 Å². The first-order valence-electron chi connectivity index (χ1n) is 7.98. The zero-order valence-electron chi connectivity index (χ0n) is 13.5. The molecule has 1 atom stereocenters. The van der Waals surface area contributed by atoms with Crippen molar-refractivity contribution < 1.29 is 13.2 Å². The molecule has 124 valence electrons. The maximum absolute atomic E-state index is 12.1. The van der Waals surface area contributed by atoms with Crippen molar-refractivity contribution >= 4 is 26.6 Å². The first kappa shape index (κ1) is 16.1. The maximum Gasteiger partial charge on any atom is 0.224 e. The summed E-state index contributed by atoms with van der Waals surface area (Å²) in [5.41, 5.74) is 4.61. The van der Waals surface area contributed by atoms with E-state index in [1.165, 1.54) is 16.6 Å². The van der Waals surface area contributed by atoms with Gasteiger partial charge in [0.2, 0.25) is 5.91 Å². The van der Waals surface area contributed by atoms with Gasteiger partial charge in [0.15, 0.2) is 9.84 Å². The van der Waals surface area contributed by atoms with Crippen LogP contribution in [0.15, 0.2) is 18.2 Å². The van der Waals surface area contributed by atoms with Crippen molar-refractivity contribution in [3.63, 3.8) is 0 Å². The Morgan fingerprint density at radius 3 is 2.83 bits per heavy atom. The zero-order valence-corrected chi connectivity index (χ0v) is 14.3. The molecule has 1 saturated heterocycles. The molecular formula is C17H22N2O3S. The van der Waals surface area contributed by atoms with Crippen molar-refractivity contribution in [2.45, 2.75) is 33.2 Å². The molecule has 2 heterocycles. The third-order valence-corrected chi connectivity index (χ3v) is 6.42. The van der Waals surface area contributed by atoms with Crippen LogP contribution in [0.5, 0.6) is 0 Å². The summed E-state index contributed by atoms with van der Waals surface area (Å²) in [5, 5.41) is 4.05. The molecule has 2 aromatic rings. The SMILES string of the molecule is CCc1[nH]c2ccc(CNC(=O)C3CCS(=O)(=O)C3)cc2c1C. The number of nitrogens with one attached hydrogen (secondary N) is 2. The van der Waals surface area contributed by atoms with Crippen LogP contribution in [0, 0.1) is 12.8 Å². The highest BCUT2D eigenvalue weighted by atomic mass is 32.2. The summed E-state index contributed by atoms with van der Waals surface area (Å²) in [6, 6.07) is 6.11. The standard InChI is InChI=1S/C17H22N2O3S/c1-3-15-11(2)14-8-12(4-5-16(14)19-15)9-18-17(20)13-6-7-23(21,22)10-13/h4-5,8,13,19H,3,6-7,9-10H2,1-2H3,(H,18,20). The molecule has 23 heavy (non-hydrogen) atoms. The van der Waals surface area contributed by atoms with Crippen LogP contribution >= 0.6 is 0 Å². The van der Waals surface area contributed by atoms with Gasteiger partial charge < -0.3 is 10.3 Å². The Morgan fingerprint density at radius 2 is 2.17 bits per heavy atom. The molecule has 1 aromatic carbocycles. The van der Waals surface area contributed by atoms with Crippen LogP contribution < -0.4 is 5.32 Å². The third-order valence-electron chi connectivity index (χ3n) is 4.65. The minimum absolute atomic E-state index is 0.0192. The van der Waals surface area contributed by atoms with Crippen LogP contribution in [-0.2, 0) is 27.6 Å². The average Bonchev–Trinajstić information content (AvgIpc) is 3.05.